The summed E-state index contributed by atoms with van der Waals surface area (Å²) in [4.78, 5) is 6.41. The summed E-state index contributed by atoms with van der Waals surface area (Å²) in [5.41, 5.74) is 3.53. The van der Waals surface area contributed by atoms with Gasteiger partial charge in [-0.2, -0.15) is 0 Å². The molecule has 0 saturated carbocycles. The lowest BCUT2D eigenvalue weighted by molar-refractivity contribution is 1.09. The fourth-order valence-electron chi connectivity index (χ4n) is 1.40. The third kappa shape index (κ3) is 6.43. The second-order valence-electron chi connectivity index (χ2n) is 3.53. The van der Waals surface area contributed by atoms with Gasteiger partial charge >= 0.3 is 0 Å². The van der Waals surface area contributed by atoms with Crippen molar-refractivity contribution in [3.05, 3.63) is 29.6 Å². The lowest BCUT2D eigenvalue weighted by Crippen LogP contribution is -2.11. The van der Waals surface area contributed by atoms with E-state index in [9.17, 15) is 0 Å². The van der Waals surface area contributed by atoms with Crippen molar-refractivity contribution in [2.45, 2.75) is 48.0 Å². The number of rotatable bonds is 3. The van der Waals surface area contributed by atoms with Crippen molar-refractivity contribution < 1.29 is 0 Å². The molecule has 0 spiro atoms. The van der Waals surface area contributed by atoms with Gasteiger partial charge in [0.15, 0.2) is 0 Å². The first-order chi connectivity index (χ1) is 8.66. The average Bonchev–Trinajstić information content (AvgIpc) is 2.41. The molecule has 1 rings (SSSR count). The lowest BCUT2D eigenvalue weighted by atomic mass is 10.1. The van der Waals surface area contributed by atoms with Crippen molar-refractivity contribution in [3.63, 3.8) is 0 Å². The Hall–Kier alpha value is -1.31. The fraction of sp³-hybridized carbons (Fsp3) is 0.562. The Morgan fingerprint density at radius 2 is 1.72 bits per heavy atom. The van der Waals surface area contributed by atoms with Crippen molar-refractivity contribution >= 4 is 11.8 Å². The second kappa shape index (κ2) is 12.2. The number of hydrogen-bond acceptors (Lipinski definition) is 2. The van der Waals surface area contributed by atoms with Crippen LogP contribution in [0.2, 0.25) is 0 Å². The number of nitrogens with zero attached hydrogens (tertiary/aromatic N) is 2. The number of anilines is 1. The minimum absolute atomic E-state index is 1.06. The molecule has 0 atom stereocenters. The third-order valence-corrected chi connectivity index (χ3v) is 2.17. The molecule has 0 aliphatic carbocycles. The van der Waals surface area contributed by atoms with E-state index in [0.717, 1.165) is 12.1 Å². The van der Waals surface area contributed by atoms with E-state index in [1.165, 1.54) is 11.3 Å². The largest absolute Gasteiger partial charge is 0.377 e. The number of pyridine rings is 1. The van der Waals surface area contributed by atoms with Crippen LogP contribution in [0.5, 0.6) is 0 Å². The first-order valence-corrected chi connectivity index (χ1v) is 6.96. The summed E-state index contributed by atoms with van der Waals surface area (Å²) in [7, 11) is 4.11. The van der Waals surface area contributed by atoms with E-state index >= 15 is 0 Å². The summed E-state index contributed by atoms with van der Waals surface area (Å²) in [6.45, 7) is 12.2. The Labute approximate surface area is 114 Å². The minimum Gasteiger partial charge on any atom is -0.377 e. The van der Waals surface area contributed by atoms with E-state index in [4.69, 9.17) is 0 Å². The molecule has 0 aliphatic heterocycles. The maximum Gasteiger partial charge on any atom is 0.0468 e. The molecular formula is C16H30N2. The molecule has 0 amide bonds. The van der Waals surface area contributed by atoms with Gasteiger partial charge in [-0.25, -0.2) is 0 Å². The van der Waals surface area contributed by atoms with Gasteiger partial charge in [-0.15, -0.1) is 0 Å². The predicted octanol–water partition coefficient (Wildman–Crippen LogP) is 4.93. The Kier molecular flexibility index (Phi) is 12.9. The van der Waals surface area contributed by atoms with Crippen LogP contribution in [0.15, 0.2) is 18.3 Å². The van der Waals surface area contributed by atoms with Crippen molar-refractivity contribution in [1.29, 1.82) is 0 Å². The molecule has 1 aromatic heterocycles. The van der Waals surface area contributed by atoms with E-state index < -0.39 is 0 Å². The number of hydrogen-bond donors (Lipinski definition) is 0. The van der Waals surface area contributed by atoms with Gasteiger partial charge in [0, 0.05) is 37.2 Å². The van der Waals surface area contributed by atoms with E-state index in [1.54, 1.807) is 0 Å². The normalized spacial score (nSPS) is 9.11. The zero-order chi connectivity index (χ0) is 14.6. The quantitative estimate of drug-likeness (QED) is 0.756. The Balaban J connectivity index is 0. The van der Waals surface area contributed by atoms with Crippen LogP contribution in [-0.2, 0) is 0 Å². The van der Waals surface area contributed by atoms with Crippen LogP contribution in [0.4, 0.5) is 5.69 Å². The van der Waals surface area contributed by atoms with Crippen LogP contribution < -0.4 is 4.90 Å². The fourth-order valence-corrected chi connectivity index (χ4v) is 1.40. The van der Waals surface area contributed by atoms with Crippen LogP contribution in [0.25, 0.3) is 6.08 Å². The van der Waals surface area contributed by atoms with Gasteiger partial charge in [0.1, 0.15) is 0 Å². The smallest absolute Gasteiger partial charge is 0.0468 e. The maximum atomic E-state index is 4.30. The van der Waals surface area contributed by atoms with Crippen LogP contribution in [0.3, 0.4) is 0 Å². The summed E-state index contributed by atoms with van der Waals surface area (Å²) >= 11 is 0. The van der Waals surface area contributed by atoms with Gasteiger partial charge in [-0.1, -0.05) is 46.8 Å². The predicted molar refractivity (Wildman–Crippen MR) is 85.3 cm³/mol. The Morgan fingerprint density at radius 1 is 1.17 bits per heavy atom. The van der Waals surface area contributed by atoms with Gasteiger partial charge < -0.3 is 4.90 Å². The molecule has 18 heavy (non-hydrogen) atoms. The summed E-state index contributed by atoms with van der Waals surface area (Å²) in [6.07, 6.45) is 7.23. The van der Waals surface area contributed by atoms with E-state index in [-0.39, 0.29) is 0 Å². The third-order valence-electron chi connectivity index (χ3n) is 2.17. The molecular weight excluding hydrogens is 220 g/mol. The molecule has 0 aromatic carbocycles. The maximum absolute atomic E-state index is 4.30. The van der Waals surface area contributed by atoms with E-state index in [1.807, 2.05) is 46.9 Å². The van der Waals surface area contributed by atoms with Crippen LogP contribution in [-0.4, -0.2) is 19.1 Å². The van der Waals surface area contributed by atoms with Gasteiger partial charge in [0.25, 0.3) is 0 Å². The van der Waals surface area contributed by atoms with Gasteiger partial charge in [0.05, 0.1) is 0 Å². The molecule has 0 N–H and O–H groups in total. The zero-order valence-electron chi connectivity index (χ0n) is 13.4. The standard InChI is InChI=1S/C12H18N2.2C2H6/c1-5-6-7-11-10(2)13-9-8-12(11)14(3)4;2*1-2/h6-9H,5H2,1-4H3;2*1-2H3/b7-6-;;. The first-order valence-electron chi connectivity index (χ1n) is 6.96. The SMILES string of the molecule is CC.CC.CC/C=C\c1c(N(C)C)ccnc1C. The van der Waals surface area contributed by atoms with E-state index in [0.29, 0.717) is 0 Å². The molecule has 0 radical (unpaired) electrons. The molecule has 1 heterocycles. The number of aromatic nitrogens is 1. The zero-order valence-corrected chi connectivity index (χ0v) is 13.4. The van der Waals surface area contributed by atoms with Crippen molar-refractivity contribution in [1.82, 2.24) is 4.98 Å². The first kappa shape index (κ1) is 19.0. The molecule has 1 aromatic rings. The molecule has 104 valence electrons. The number of aryl methyl sites for hydroxylation is 1. The molecule has 0 saturated heterocycles. The molecule has 2 nitrogen and oxygen atoms in total. The average molecular weight is 250 g/mol. The van der Waals surface area contributed by atoms with Crippen molar-refractivity contribution in [3.8, 4) is 0 Å². The summed E-state index contributed by atoms with van der Waals surface area (Å²) < 4.78 is 0. The topological polar surface area (TPSA) is 16.1 Å². The van der Waals surface area contributed by atoms with Crippen LogP contribution in [0.1, 0.15) is 52.3 Å². The highest BCUT2D eigenvalue weighted by Crippen LogP contribution is 2.21. The highest BCUT2D eigenvalue weighted by Gasteiger charge is 2.04. The highest BCUT2D eigenvalue weighted by molar-refractivity contribution is 5.68. The molecule has 0 bridgehead atoms. The molecule has 0 fully saturated rings. The van der Waals surface area contributed by atoms with Gasteiger partial charge in [0.2, 0.25) is 0 Å². The highest BCUT2D eigenvalue weighted by atomic mass is 15.1. The molecule has 0 unspecified atom stereocenters. The minimum atomic E-state index is 1.06. The Bertz CT molecular complexity index is 328. The van der Waals surface area contributed by atoms with Crippen molar-refractivity contribution in [2.75, 3.05) is 19.0 Å². The number of allylic oxidation sites excluding steroid dienone is 1. The van der Waals surface area contributed by atoms with Gasteiger partial charge in [-0.05, 0) is 19.4 Å². The monoisotopic (exact) mass is 250 g/mol. The summed E-state index contributed by atoms with van der Waals surface area (Å²) in [5.74, 6) is 0. The van der Waals surface area contributed by atoms with Crippen LogP contribution >= 0.6 is 0 Å². The van der Waals surface area contributed by atoms with E-state index in [2.05, 4.69) is 43.1 Å². The second-order valence-corrected chi connectivity index (χ2v) is 3.53. The molecule has 2 heteroatoms. The van der Waals surface area contributed by atoms with Gasteiger partial charge in [-0.3, -0.25) is 4.98 Å². The summed E-state index contributed by atoms with van der Waals surface area (Å²) in [5, 5.41) is 0. The lowest BCUT2D eigenvalue weighted by Gasteiger charge is -2.16. The van der Waals surface area contributed by atoms with Crippen LogP contribution in [0, 0.1) is 6.92 Å². The van der Waals surface area contributed by atoms with Crippen molar-refractivity contribution in [2.24, 2.45) is 0 Å². The molecule has 0 aliphatic rings. The summed E-state index contributed by atoms with van der Waals surface area (Å²) in [6, 6.07) is 2.04. The Morgan fingerprint density at radius 3 is 2.17 bits per heavy atom.